The molecule has 0 bridgehead atoms. The minimum atomic E-state index is 1.13. The molecule has 0 fully saturated rings. The number of fused-ring (bicyclic) bond motifs is 9. The van der Waals surface area contributed by atoms with Gasteiger partial charge in [0, 0.05) is 36.9 Å². The maximum absolute atomic E-state index is 2.45. The number of rotatable bonds is 4. The average molecular weight is 628 g/mol. The summed E-state index contributed by atoms with van der Waals surface area (Å²) in [5.41, 5.74) is 5.88. The summed E-state index contributed by atoms with van der Waals surface area (Å²) in [5.74, 6) is 0. The Bertz CT molecular complexity index is 2860. The van der Waals surface area contributed by atoms with Crippen LogP contribution in [0.2, 0.25) is 0 Å². The SMILES string of the molecule is c1cc(-c2cccc3ccccc23)cc(N(c2ccc3sc4ccccc4c3c2)c2cccc3c2ccc2c4ccccc4ccc32)c1. The number of nitrogens with zero attached hydrogens (tertiary/aromatic N) is 1. The molecule has 10 aromatic rings. The van der Waals surface area contributed by atoms with Crippen molar-refractivity contribution in [2.45, 2.75) is 0 Å². The summed E-state index contributed by atoms with van der Waals surface area (Å²) >= 11 is 1.86. The average Bonchev–Trinajstić information content (AvgIpc) is 3.53. The first-order chi connectivity index (χ1) is 23.8. The molecular formula is C46H29NS. The molecule has 1 heterocycles. The lowest BCUT2D eigenvalue weighted by molar-refractivity contribution is 1.31. The molecule has 1 nitrogen and oxygen atoms in total. The van der Waals surface area contributed by atoms with Crippen molar-refractivity contribution >= 4 is 91.7 Å². The van der Waals surface area contributed by atoms with Crippen molar-refractivity contribution in [3.05, 3.63) is 176 Å². The molecule has 1 aromatic heterocycles. The largest absolute Gasteiger partial charge is 0.310 e. The van der Waals surface area contributed by atoms with Gasteiger partial charge in [-0.25, -0.2) is 0 Å². The van der Waals surface area contributed by atoms with Crippen LogP contribution in [0.1, 0.15) is 0 Å². The van der Waals surface area contributed by atoms with Crippen LogP contribution in [-0.4, -0.2) is 0 Å². The molecule has 10 rings (SSSR count). The van der Waals surface area contributed by atoms with E-state index in [4.69, 9.17) is 0 Å². The monoisotopic (exact) mass is 627 g/mol. The maximum atomic E-state index is 2.45. The summed E-state index contributed by atoms with van der Waals surface area (Å²) in [6.07, 6.45) is 0. The number of benzene rings is 9. The van der Waals surface area contributed by atoms with Crippen molar-refractivity contribution in [1.29, 1.82) is 0 Å². The summed E-state index contributed by atoms with van der Waals surface area (Å²) in [7, 11) is 0. The van der Waals surface area contributed by atoms with Crippen LogP contribution in [0.4, 0.5) is 17.1 Å². The molecule has 0 aliphatic heterocycles. The van der Waals surface area contributed by atoms with Gasteiger partial charge >= 0.3 is 0 Å². The molecule has 0 unspecified atom stereocenters. The Morgan fingerprint density at radius 1 is 0.333 bits per heavy atom. The quantitative estimate of drug-likeness (QED) is 0.176. The van der Waals surface area contributed by atoms with Crippen LogP contribution in [0.15, 0.2) is 176 Å². The maximum Gasteiger partial charge on any atom is 0.0540 e. The minimum Gasteiger partial charge on any atom is -0.310 e. The van der Waals surface area contributed by atoms with Crippen LogP contribution in [0.25, 0.3) is 74.4 Å². The van der Waals surface area contributed by atoms with Gasteiger partial charge in [-0.1, -0.05) is 133 Å². The first-order valence-corrected chi connectivity index (χ1v) is 17.2. The first kappa shape index (κ1) is 27.2. The molecule has 0 amide bonds. The van der Waals surface area contributed by atoms with Gasteiger partial charge in [0.15, 0.2) is 0 Å². The minimum absolute atomic E-state index is 1.13. The van der Waals surface area contributed by atoms with E-state index < -0.39 is 0 Å². The van der Waals surface area contributed by atoms with Crippen molar-refractivity contribution in [3.8, 4) is 11.1 Å². The Morgan fingerprint density at radius 3 is 1.85 bits per heavy atom. The highest BCUT2D eigenvalue weighted by Gasteiger charge is 2.19. The van der Waals surface area contributed by atoms with Crippen LogP contribution >= 0.6 is 11.3 Å². The van der Waals surface area contributed by atoms with Gasteiger partial charge in [-0.3, -0.25) is 0 Å². The van der Waals surface area contributed by atoms with E-state index >= 15 is 0 Å². The highest BCUT2D eigenvalue weighted by atomic mass is 32.1. The van der Waals surface area contributed by atoms with Gasteiger partial charge in [0.25, 0.3) is 0 Å². The summed E-state index contributed by atoms with van der Waals surface area (Å²) in [6, 6.07) is 64.6. The number of thiophene rings is 1. The molecule has 224 valence electrons. The van der Waals surface area contributed by atoms with E-state index in [1.54, 1.807) is 0 Å². The fourth-order valence-electron chi connectivity index (χ4n) is 7.60. The lowest BCUT2D eigenvalue weighted by Crippen LogP contribution is -2.10. The third-order valence-electron chi connectivity index (χ3n) is 9.83. The van der Waals surface area contributed by atoms with Crippen LogP contribution < -0.4 is 4.90 Å². The van der Waals surface area contributed by atoms with Gasteiger partial charge in [0.2, 0.25) is 0 Å². The molecule has 0 atom stereocenters. The second kappa shape index (κ2) is 10.8. The third-order valence-corrected chi connectivity index (χ3v) is 11.0. The third kappa shape index (κ3) is 4.24. The molecule has 0 saturated carbocycles. The number of hydrogen-bond acceptors (Lipinski definition) is 2. The zero-order valence-corrected chi connectivity index (χ0v) is 26.9. The van der Waals surface area contributed by atoms with Gasteiger partial charge in [-0.15, -0.1) is 11.3 Å². The molecule has 48 heavy (non-hydrogen) atoms. The topological polar surface area (TPSA) is 3.24 Å². The van der Waals surface area contributed by atoms with E-state index in [-0.39, 0.29) is 0 Å². The Balaban J connectivity index is 1.24. The predicted molar refractivity (Wildman–Crippen MR) is 209 cm³/mol. The van der Waals surface area contributed by atoms with Crippen LogP contribution in [0.5, 0.6) is 0 Å². The van der Waals surface area contributed by atoms with E-state index in [9.17, 15) is 0 Å². The highest BCUT2D eigenvalue weighted by molar-refractivity contribution is 7.25. The van der Waals surface area contributed by atoms with Gasteiger partial charge < -0.3 is 4.90 Å². The van der Waals surface area contributed by atoms with E-state index in [2.05, 4.69) is 181 Å². The second-order valence-corrected chi connectivity index (χ2v) is 13.6. The van der Waals surface area contributed by atoms with Crippen LogP contribution in [-0.2, 0) is 0 Å². The molecule has 0 N–H and O–H groups in total. The summed E-state index contributed by atoms with van der Waals surface area (Å²) in [4.78, 5) is 2.45. The molecule has 0 saturated heterocycles. The van der Waals surface area contributed by atoms with Crippen LogP contribution in [0, 0.1) is 0 Å². The zero-order valence-electron chi connectivity index (χ0n) is 26.1. The van der Waals surface area contributed by atoms with Gasteiger partial charge in [-0.05, 0) is 91.3 Å². The zero-order chi connectivity index (χ0) is 31.6. The van der Waals surface area contributed by atoms with Crippen molar-refractivity contribution in [2.24, 2.45) is 0 Å². The second-order valence-electron chi connectivity index (χ2n) is 12.5. The van der Waals surface area contributed by atoms with E-state index in [0.29, 0.717) is 0 Å². The molecule has 2 heteroatoms. The Labute approximate surface area is 282 Å². The molecule has 0 spiro atoms. The molecule has 0 aliphatic carbocycles. The predicted octanol–water partition coefficient (Wildman–Crippen LogP) is 13.8. The van der Waals surface area contributed by atoms with E-state index in [1.165, 1.54) is 74.4 Å². The van der Waals surface area contributed by atoms with Gasteiger partial charge in [0.05, 0.1) is 5.69 Å². The molecule has 0 aliphatic rings. The van der Waals surface area contributed by atoms with Gasteiger partial charge in [-0.2, -0.15) is 0 Å². The lowest BCUT2D eigenvalue weighted by atomic mass is 9.95. The molecule has 9 aromatic carbocycles. The molecular weight excluding hydrogens is 599 g/mol. The van der Waals surface area contributed by atoms with Crippen molar-refractivity contribution in [2.75, 3.05) is 4.90 Å². The first-order valence-electron chi connectivity index (χ1n) is 16.4. The fourth-order valence-corrected chi connectivity index (χ4v) is 8.69. The summed E-state index contributed by atoms with van der Waals surface area (Å²) < 4.78 is 2.62. The summed E-state index contributed by atoms with van der Waals surface area (Å²) in [5, 5.41) is 12.7. The van der Waals surface area contributed by atoms with Crippen molar-refractivity contribution in [1.82, 2.24) is 0 Å². The Kier molecular flexibility index (Phi) is 6.12. The van der Waals surface area contributed by atoms with Crippen molar-refractivity contribution in [3.63, 3.8) is 0 Å². The fraction of sp³-hybridized carbons (Fsp3) is 0. The van der Waals surface area contributed by atoms with Crippen LogP contribution in [0.3, 0.4) is 0 Å². The summed E-state index contributed by atoms with van der Waals surface area (Å²) in [6.45, 7) is 0. The number of anilines is 3. The Morgan fingerprint density at radius 2 is 0.938 bits per heavy atom. The number of hydrogen-bond donors (Lipinski definition) is 0. The molecule has 0 radical (unpaired) electrons. The smallest absolute Gasteiger partial charge is 0.0540 e. The highest BCUT2D eigenvalue weighted by Crippen LogP contribution is 2.45. The van der Waals surface area contributed by atoms with E-state index in [1.807, 2.05) is 11.3 Å². The van der Waals surface area contributed by atoms with E-state index in [0.717, 1.165) is 17.1 Å². The lowest BCUT2D eigenvalue weighted by Gasteiger charge is -2.28. The normalized spacial score (nSPS) is 11.8. The van der Waals surface area contributed by atoms with Gasteiger partial charge in [0.1, 0.15) is 0 Å². The Hall–Kier alpha value is -5.96. The standard InChI is InChI=1S/C46H29NS/c1-3-15-35-30(10-1)12-8-18-37(35)32-13-7-14-33(28-32)47(34-23-27-46-43(29-34)42-17-5-6-21-45(42)48-46)44-20-9-19-38-40-24-22-31-11-2-4-16-36(31)39(40)25-26-41(38)44/h1-29H. The van der Waals surface area contributed by atoms with Crippen molar-refractivity contribution < 1.29 is 0 Å².